The van der Waals surface area contributed by atoms with E-state index in [4.69, 9.17) is 0 Å². The fourth-order valence-corrected chi connectivity index (χ4v) is 5.99. The van der Waals surface area contributed by atoms with Crippen LogP contribution in [0.25, 0.3) is 33.4 Å². The highest BCUT2D eigenvalue weighted by atomic mass is 14.5. The van der Waals surface area contributed by atoms with Crippen LogP contribution in [0.3, 0.4) is 0 Å². The Hall–Kier alpha value is -4.68. The first kappa shape index (κ1) is 21.6. The second kappa shape index (κ2) is 8.76. The molecular weight excluding hydrogens is 444 g/mol. The van der Waals surface area contributed by atoms with Crippen LogP contribution in [0.15, 0.2) is 146 Å². The molecule has 0 spiro atoms. The first-order chi connectivity index (χ1) is 18.4. The van der Waals surface area contributed by atoms with Gasteiger partial charge in [0.15, 0.2) is 0 Å². The lowest BCUT2D eigenvalue weighted by Crippen LogP contribution is -2.28. The Balaban J connectivity index is 1.56. The van der Waals surface area contributed by atoms with Gasteiger partial charge in [0, 0.05) is 0 Å². The van der Waals surface area contributed by atoms with E-state index in [-0.39, 0.29) is 0 Å². The van der Waals surface area contributed by atoms with Gasteiger partial charge in [-0.1, -0.05) is 133 Å². The Morgan fingerprint density at radius 2 is 0.811 bits per heavy atom. The quantitative estimate of drug-likeness (QED) is 0.242. The van der Waals surface area contributed by atoms with E-state index < -0.39 is 5.41 Å². The van der Waals surface area contributed by atoms with Crippen LogP contribution in [0.1, 0.15) is 22.3 Å². The summed E-state index contributed by atoms with van der Waals surface area (Å²) in [6.07, 6.45) is 0. The summed E-state index contributed by atoms with van der Waals surface area (Å²) in [4.78, 5) is 0. The second-order valence-corrected chi connectivity index (χ2v) is 9.56. The van der Waals surface area contributed by atoms with E-state index in [1.54, 1.807) is 0 Å². The maximum Gasteiger partial charge on any atom is 0.0714 e. The van der Waals surface area contributed by atoms with E-state index in [1.807, 2.05) is 0 Å². The molecule has 6 aromatic rings. The van der Waals surface area contributed by atoms with Gasteiger partial charge in [-0.2, -0.15) is 0 Å². The molecule has 0 aliphatic heterocycles. The molecule has 0 saturated heterocycles. The van der Waals surface area contributed by atoms with Crippen molar-refractivity contribution in [3.8, 4) is 33.4 Å². The van der Waals surface area contributed by atoms with Gasteiger partial charge < -0.3 is 0 Å². The number of hydrogen-bond acceptors (Lipinski definition) is 0. The summed E-state index contributed by atoms with van der Waals surface area (Å²) < 4.78 is 0. The van der Waals surface area contributed by atoms with Crippen molar-refractivity contribution < 1.29 is 0 Å². The molecule has 6 aromatic carbocycles. The molecule has 0 atom stereocenters. The van der Waals surface area contributed by atoms with Crippen LogP contribution in [0.4, 0.5) is 0 Å². The third kappa shape index (κ3) is 3.37. The second-order valence-electron chi connectivity index (χ2n) is 9.56. The molecule has 0 heterocycles. The zero-order valence-corrected chi connectivity index (χ0v) is 20.4. The number of benzene rings is 6. The van der Waals surface area contributed by atoms with Crippen molar-refractivity contribution in [1.29, 1.82) is 0 Å². The van der Waals surface area contributed by atoms with E-state index in [2.05, 4.69) is 158 Å². The Kier molecular flexibility index (Phi) is 5.11. The van der Waals surface area contributed by atoms with E-state index in [0.717, 1.165) is 11.1 Å². The fraction of sp³-hybridized carbons (Fsp3) is 0.0270. The van der Waals surface area contributed by atoms with Crippen molar-refractivity contribution in [1.82, 2.24) is 0 Å². The third-order valence-electron chi connectivity index (χ3n) is 7.59. The maximum absolute atomic E-state index is 3.50. The minimum Gasteiger partial charge on any atom is -0.0622 e. The molecule has 0 N–H and O–H groups in total. The number of fused-ring (bicyclic) bond motifs is 3. The molecule has 0 amide bonds. The standard InChI is InChI=1S/C37H24/c1-3-13-27(14-4-1)29-17-11-19-31(25-29)37(32-20-12-18-30(26-32)28-15-5-2-6-16-28)35-23-9-7-21-33(35)34-22-8-10-24-36(34)37/h1-16,19-26H. The van der Waals surface area contributed by atoms with Crippen LogP contribution in [0, 0.1) is 12.1 Å². The summed E-state index contributed by atoms with van der Waals surface area (Å²) >= 11 is 0. The van der Waals surface area contributed by atoms with Crippen molar-refractivity contribution in [3.63, 3.8) is 0 Å². The zero-order chi connectivity index (χ0) is 24.7. The monoisotopic (exact) mass is 468 g/mol. The minimum absolute atomic E-state index is 0.454. The summed E-state index contributed by atoms with van der Waals surface area (Å²) in [5.41, 5.74) is 11.8. The van der Waals surface area contributed by atoms with E-state index in [9.17, 15) is 0 Å². The average molecular weight is 469 g/mol. The van der Waals surface area contributed by atoms with Gasteiger partial charge in [-0.15, -0.1) is 0 Å². The maximum atomic E-state index is 3.50. The highest BCUT2D eigenvalue weighted by Gasteiger charge is 2.46. The molecule has 2 radical (unpaired) electrons. The first-order valence-corrected chi connectivity index (χ1v) is 12.7. The molecule has 0 nitrogen and oxygen atoms in total. The van der Waals surface area contributed by atoms with Crippen LogP contribution < -0.4 is 0 Å². The Morgan fingerprint density at radius 3 is 1.27 bits per heavy atom. The molecule has 172 valence electrons. The number of hydrogen-bond donors (Lipinski definition) is 0. The van der Waals surface area contributed by atoms with E-state index >= 15 is 0 Å². The van der Waals surface area contributed by atoms with Gasteiger partial charge in [-0.3, -0.25) is 0 Å². The average Bonchev–Trinajstić information content (AvgIpc) is 3.30. The molecule has 7 rings (SSSR count). The van der Waals surface area contributed by atoms with Gasteiger partial charge in [0.05, 0.1) is 5.41 Å². The minimum atomic E-state index is -0.454. The smallest absolute Gasteiger partial charge is 0.0622 e. The van der Waals surface area contributed by atoms with Crippen LogP contribution in [0.5, 0.6) is 0 Å². The fourth-order valence-electron chi connectivity index (χ4n) is 5.99. The van der Waals surface area contributed by atoms with Gasteiger partial charge in [0.25, 0.3) is 0 Å². The molecule has 0 bridgehead atoms. The van der Waals surface area contributed by atoms with Crippen molar-refractivity contribution in [2.24, 2.45) is 0 Å². The first-order valence-electron chi connectivity index (χ1n) is 12.7. The topological polar surface area (TPSA) is 0 Å². The van der Waals surface area contributed by atoms with Gasteiger partial charge in [-0.05, 0) is 79.9 Å². The van der Waals surface area contributed by atoms with Crippen LogP contribution in [0.2, 0.25) is 0 Å². The molecule has 0 fully saturated rings. The number of rotatable bonds is 4. The predicted molar refractivity (Wildman–Crippen MR) is 152 cm³/mol. The summed E-state index contributed by atoms with van der Waals surface area (Å²) in [6, 6.07) is 59.1. The lowest BCUT2D eigenvalue weighted by molar-refractivity contribution is 0.769. The van der Waals surface area contributed by atoms with Gasteiger partial charge in [0.1, 0.15) is 0 Å². The van der Waals surface area contributed by atoms with Crippen molar-refractivity contribution in [2.45, 2.75) is 5.41 Å². The molecule has 37 heavy (non-hydrogen) atoms. The molecule has 0 unspecified atom stereocenters. The lowest BCUT2D eigenvalue weighted by Gasteiger charge is -2.34. The van der Waals surface area contributed by atoms with Crippen LogP contribution in [-0.4, -0.2) is 0 Å². The summed E-state index contributed by atoms with van der Waals surface area (Å²) in [7, 11) is 0. The highest BCUT2D eigenvalue weighted by Crippen LogP contribution is 2.56. The molecule has 0 heteroatoms. The van der Waals surface area contributed by atoms with Crippen molar-refractivity contribution >= 4 is 0 Å². The third-order valence-corrected chi connectivity index (χ3v) is 7.59. The molecule has 0 saturated carbocycles. The Morgan fingerprint density at radius 1 is 0.405 bits per heavy atom. The zero-order valence-electron chi connectivity index (χ0n) is 20.4. The predicted octanol–water partition coefficient (Wildman–Crippen LogP) is 8.98. The van der Waals surface area contributed by atoms with Crippen LogP contribution in [-0.2, 0) is 5.41 Å². The van der Waals surface area contributed by atoms with Crippen LogP contribution >= 0.6 is 0 Å². The molecule has 1 aliphatic rings. The SMILES string of the molecule is [c]1ccc(C2(c3cc[c]c(-c4ccccc4)c3)c3ccccc3-c3ccccc32)cc1-c1ccccc1. The Bertz CT molecular complexity index is 1580. The molecular formula is C37H24. The summed E-state index contributed by atoms with van der Waals surface area (Å²) in [5, 5.41) is 0. The van der Waals surface area contributed by atoms with Gasteiger partial charge in [-0.25, -0.2) is 0 Å². The highest BCUT2D eigenvalue weighted by molar-refractivity contribution is 5.87. The molecule has 0 aromatic heterocycles. The molecule has 1 aliphatic carbocycles. The summed E-state index contributed by atoms with van der Waals surface area (Å²) in [5.74, 6) is 0. The van der Waals surface area contributed by atoms with Gasteiger partial charge in [0.2, 0.25) is 0 Å². The largest absolute Gasteiger partial charge is 0.0714 e. The van der Waals surface area contributed by atoms with E-state index in [0.29, 0.717) is 0 Å². The van der Waals surface area contributed by atoms with Crippen molar-refractivity contribution in [2.75, 3.05) is 0 Å². The van der Waals surface area contributed by atoms with Gasteiger partial charge >= 0.3 is 0 Å². The Labute approximate surface area is 218 Å². The summed E-state index contributed by atoms with van der Waals surface area (Å²) in [6.45, 7) is 0. The van der Waals surface area contributed by atoms with E-state index in [1.165, 1.54) is 44.5 Å². The normalized spacial score (nSPS) is 13.1. The van der Waals surface area contributed by atoms with Crippen molar-refractivity contribution in [3.05, 3.63) is 180 Å². The lowest BCUT2D eigenvalue weighted by atomic mass is 9.67.